The van der Waals surface area contributed by atoms with E-state index in [-0.39, 0.29) is 11.8 Å². The predicted octanol–water partition coefficient (Wildman–Crippen LogP) is 3.08. The molecule has 0 aliphatic carbocycles. The second kappa shape index (κ2) is 8.64. The second-order valence-electron chi connectivity index (χ2n) is 4.11. The van der Waals surface area contributed by atoms with Crippen LogP contribution in [0.4, 0.5) is 0 Å². The molecule has 0 fully saturated rings. The zero-order valence-corrected chi connectivity index (χ0v) is 12.9. The first-order valence-corrected chi connectivity index (χ1v) is 7.74. The highest BCUT2D eigenvalue weighted by Gasteiger charge is 2.09. The predicted molar refractivity (Wildman–Crippen MR) is 80.4 cm³/mol. The third-order valence-electron chi connectivity index (χ3n) is 2.55. The molecule has 0 atom stereocenters. The van der Waals surface area contributed by atoms with E-state index >= 15 is 0 Å². The molecule has 0 aliphatic rings. The molecule has 110 valence electrons. The smallest absolute Gasteiger partial charge is 0.315 e. The molecule has 0 saturated carbocycles. The van der Waals surface area contributed by atoms with Crippen molar-refractivity contribution in [3.8, 4) is 5.75 Å². The molecular formula is C15H20O4S. The van der Waals surface area contributed by atoms with Gasteiger partial charge >= 0.3 is 5.97 Å². The highest BCUT2D eigenvalue weighted by molar-refractivity contribution is 7.99. The third kappa shape index (κ3) is 5.25. The van der Waals surface area contributed by atoms with Gasteiger partial charge in [0.25, 0.3) is 0 Å². The molecule has 0 aromatic heterocycles. The number of thioether (sulfide) groups is 1. The monoisotopic (exact) mass is 296 g/mol. The fraction of sp³-hybridized carbons (Fsp3) is 0.467. The molecule has 0 bridgehead atoms. The van der Waals surface area contributed by atoms with Gasteiger partial charge in [-0.1, -0.05) is 0 Å². The van der Waals surface area contributed by atoms with Gasteiger partial charge < -0.3 is 9.47 Å². The topological polar surface area (TPSA) is 52.6 Å². The number of rotatable bonds is 8. The Kier molecular flexibility index (Phi) is 7.15. The molecule has 1 rings (SSSR count). The van der Waals surface area contributed by atoms with Crippen molar-refractivity contribution >= 4 is 23.5 Å². The van der Waals surface area contributed by atoms with E-state index in [1.807, 2.05) is 13.0 Å². The number of carbonyl (C=O) groups is 2. The van der Waals surface area contributed by atoms with Gasteiger partial charge in [0, 0.05) is 16.9 Å². The normalized spacial score (nSPS) is 10.2. The first kappa shape index (κ1) is 16.6. The van der Waals surface area contributed by atoms with Gasteiger partial charge in [0.05, 0.1) is 19.0 Å². The quantitative estimate of drug-likeness (QED) is 0.545. The number of hydrogen-bond acceptors (Lipinski definition) is 5. The van der Waals surface area contributed by atoms with Gasteiger partial charge in [-0.05, 0) is 39.0 Å². The molecule has 0 unspecified atom stereocenters. The van der Waals surface area contributed by atoms with Crippen LogP contribution in [0.3, 0.4) is 0 Å². The molecule has 0 heterocycles. The Morgan fingerprint density at radius 3 is 2.55 bits per heavy atom. The average Bonchev–Trinajstić information content (AvgIpc) is 2.40. The maximum Gasteiger partial charge on any atom is 0.315 e. The van der Waals surface area contributed by atoms with Crippen LogP contribution in [0.2, 0.25) is 0 Å². The summed E-state index contributed by atoms with van der Waals surface area (Å²) in [6.45, 7) is 6.18. The van der Waals surface area contributed by atoms with Crippen LogP contribution in [0.15, 0.2) is 18.2 Å². The molecule has 0 spiro atoms. The Labute approximate surface area is 123 Å². The van der Waals surface area contributed by atoms with Crippen LogP contribution in [0.1, 0.15) is 36.7 Å². The Morgan fingerprint density at radius 1 is 1.20 bits per heavy atom. The molecule has 1 aromatic carbocycles. The van der Waals surface area contributed by atoms with Gasteiger partial charge in [0.1, 0.15) is 5.75 Å². The van der Waals surface area contributed by atoms with Crippen molar-refractivity contribution in [2.45, 2.75) is 26.5 Å². The summed E-state index contributed by atoms with van der Waals surface area (Å²) >= 11 is 1.45. The zero-order valence-electron chi connectivity index (χ0n) is 12.1. The molecule has 5 heteroatoms. The van der Waals surface area contributed by atoms with E-state index in [0.717, 1.165) is 11.3 Å². The van der Waals surface area contributed by atoms with Crippen molar-refractivity contribution in [3.05, 3.63) is 29.3 Å². The van der Waals surface area contributed by atoms with Crippen LogP contribution in [0, 0.1) is 0 Å². The second-order valence-corrected chi connectivity index (χ2v) is 5.10. The fourth-order valence-corrected chi connectivity index (χ4v) is 2.45. The summed E-state index contributed by atoms with van der Waals surface area (Å²) in [5, 5.41) is 0. The summed E-state index contributed by atoms with van der Waals surface area (Å²) in [5.41, 5.74) is 1.58. The van der Waals surface area contributed by atoms with E-state index < -0.39 is 0 Å². The van der Waals surface area contributed by atoms with Gasteiger partial charge in [-0.15, -0.1) is 11.8 Å². The third-order valence-corrected chi connectivity index (χ3v) is 3.50. The maximum atomic E-state index is 11.4. The molecule has 0 N–H and O–H groups in total. The van der Waals surface area contributed by atoms with E-state index in [1.54, 1.807) is 19.1 Å². The molecule has 1 aromatic rings. The van der Waals surface area contributed by atoms with Crippen molar-refractivity contribution in [2.24, 2.45) is 0 Å². The summed E-state index contributed by atoms with van der Waals surface area (Å²) in [7, 11) is 0. The first-order valence-electron chi connectivity index (χ1n) is 6.58. The zero-order chi connectivity index (χ0) is 15.0. The van der Waals surface area contributed by atoms with Crippen LogP contribution in [0.5, 0.6) is 5.75 Å². The lowest BCUT2D eigenvalue weighted by atomic mass is 10.1. The van der Waals surface area contributed by atoms with Gasteiger partial charge in [-0.3, -0.25) is 9.59 Å². The average molecular weight is 296 g/mol. The van der Waals surface area contributed by atoms with Gasteiger partial charge in [-0.25, -0.2) is 0 Å². The SMILES string of the molecule is CCOC(=O)CSCc1cc(C(C)=O)ccc1OCC. The summed E-state index contributed by atoms with van der Waals surface area (Å²) in [5.74, 6) is 1.45. The molecule has 0 saturated heterocycles. The fourth-order valence-electron chi connectivity index (χ4n) is 1.65. The van der Waals surface area contributed by atoms with Gasteiger partial charge in [-0.2, -0.15) is 0 Å². The van der Waals surface area contributed by atoms with Crippen LogP contribution in [-0.2, 0) is 15.3 Å². The standard InChI is InChI=1S/C15H20O4S/c1-4-18-14-7-6-12(11(3)16)8-13(14)9-20-10-15(17)19-5-2/h6-8H,4-5,9-10H2,1-3H3. The molecule has 4 nitrogen and oxygen atoms in total. The Hall–Kier alpha value is -1.49. The van der Waals surface area contributed by atoms with Crippen LogP contribution in [-0.4, -0.2) is 30.7 Å². The lowest BCUT2D eigenvalue weighted by Crippen LogP contribution is -2.07. The molecule has 0 radical (unpaired) electrons. The summed E-state index contributed by atoms with van der Waals surface area (Å²) in [6, 6.07) is 5.39. The Morgan fingerprint density at radius 2 is 1.95 bits per heavy atom. The number of Topliss-reactive ketones (excluding diaryl/α,β-unsaturated/α-hetero) is 1. The van der Waals surface area contributed by atoms with E-state index in [2.05, 4.69) is 0 Å². The number of hydrogen-bond donors (Lipinski definition) is 0. The Balaban J connectivity index is 2.72. The van der Waals surface area contributed by atoms with Crippen molar-refractivity contribution < 1.29 is 19.1 Å². The number of carbonyl (C=O) groups excluding carboxylic acids is 2. The summed E-state index contributed by atoms with van der Waals surface area (Å²) in [4.78, 5) is 22.7. The van der Waals surface area contributed by atoms with Crippen LogP contribution in [0.25, 0.3) is 0 Å². The van der Waals surface area contributed by atoms with Crippen molar-refractivity contribution in [2.75, 3.05) is 19.0 Å². The van der Waals surface area contributed by atoms with E-state index in [4.69, 9.17) is 9.47 Å². The minimum Gasteiger partial charge on any atom is -0.494 e. The summed E-state index contributed by atoms with van der Waals surface area (Å²) < 4.78 is 10.4. The minimum atomic E-state index is -0.224. The molecule has 0 aliphatic heterocycles. The number of ketones is 1. The first-order chi connectivity index (χ1) is 9.58. The molecule has 20 heavy (non-hydrogen) atoms. The highest BCUT2D eigenvalue weighted by Crippen LogP contribution is 2.25. The lowest BCUT2D eigenvalue weighted by molar-refractivity contribution is -0.139. The van der Waals surface area contributed by atoms with E-state index in [0.29, 0.717) is 30.3 Å². The van der Waals surface area contributed by atoms with Gasteiger partial charge in [0.2, 0.25) is 0 Å². The van der Waals surface area contributed by atoms with Crippen LogP contribution < -0.4 is 4.74 Å². The maximum absolute atomic E-state index is 11.4. The van der Waals surface area contributed by atoms with Crippen molar-refractivity contribution in [3.63, 3.8) is 0 Å². The number of ether oxygens (including phenoxy) is 2. The molecular weight excluding hydrogens is 276 g/mol. The van der Waals surface area contributed by atoms with Crippen molar-refractivity contribution in [1.29, 1.82) is 0 Å². The number of benzene rings is 1. The van der Waals surface area contributed by atoms with Gasteiger partial charge in [0.15, 0.2) is 5.78 Å². The lowest BCUT2D eigenvalue weighted by Gasteiger charge is -2.11. The minimum absolute atomic E-state index is 0.0182. The Bertz CT molecular complexity index is 471. The van der Waals surface area contributed by atoms with E-state index in [1.165, 1.54) is 18.7 Å². The number of esters is 1. The van der Waals surface area contributed by atoms with Crippen molar-refractivity contribution in [1.82, 2.24) is 0 Å². The highest BCUT2D eigenvalue weighted by atomic mass is 32.2. The summed E-state index contributed by atoms with van der Waals surface area (Å²) in [6.07, 6.45) is 0. The largest absolute Gasteiger partial charge is 0.494 e. The van der Waals surface area contributed by atoms with E-state index in [9.17, 15) is 9.59 Å². The van der Waals surface area contributed by atoms with Crippen LogP contribution >= 0.6 is 11.8 Å². The molecule has 0 amide bonds.